The van der Waals surface area contributed by atoms with Gasteiger partial charge in [-0.05, 0) is 46.8 Å². The van der Waals surface area contributed by atoms with Crippen LogP contribution in [0.15, 0.2) is 29.0 Å². The molecule has 0 radical (unpaired) electrons. The number of hydrogen-bond donors (Lipinski definition) is 0. The number of esters is 1. The Hall–Kier alpha value is -3.20. The summed E-state index contributed by atoms with van der Waals surface area (Å²) in [7, 11) is 0. The van der Waals surface area contributed by atoms with Gasteiger partial charge >= 0.3 is 5.97 Å². The molecule has 156 valence electrons. The van der Waals surface area contributed by atoms with Crippen molar-refractivity contribution < 1.29 is 18.8 Å². The highest BCUT2D eigenvalue weighted by molar-refractivity contribution is 7.17. The Balaban J connectivity index is 1.82. The average Bonchev–Trinajstić information content (AvgIpc) is 3.38. The predicted octanol–water partition coefficient (Wildman–Crippen LogP) is 4.69. The van der Waals surface area contributed by atoms with Gasteiger partial charge in [0.1, 0.15) is 10.8 Å². The fraction of sp³-hybridized carbons (Fsp3) is 0.333. The van der Waals surface area contributed by atoms with Crippen LogP contribution in [0.3, 0.4) is 0 Å². The second-order valence-corrected chi connectivity index (χ2v) is 8.04. The van der Waals surface area contributed by atoms with Crippen LogP contribution in [0.5, 0.6) is 5.88 Å². The van der Waals surface area contributed by atoms with E-state index in [0.29, 0.717) is 15.8 Å². The summed E-state index contributed by atoms with van der Waals surface area (Å²) in [5.74, 6) is 0.598. The van der Waals surface area contributed by atoms with Crippen LogP contribution in [-0.4, -0.2) is 38.4 Å². The maximum Gasteiger partial charge on any atom is 0.354 e. The maximum atomic E-state index is 12.4. The van der Waals surface area contributed by atoms with Gasteiger partial charge in [0.2, 0.25) is 5.88 Å². The molecule has 4 heterocycles. The van der Waals surface area contributed by atoms with Crippen molar-refractivity contribution in [2.45, 2.75) is 40.7 Å². The van der Waals surface area contributed by atoms with Crippen LogP contribution >= 0.6 is 11.3 Å². The normalized spacial score (nSPS) is 11.4. The number of nitrogens with zero attached hydrogens (tertiary/aromatic N) is 4. The molecule has 8 nitrogen and oxygen atoms in total. The number of rotatable bonds is 6. The van der Waals surface area contributed by atoms with Crippen LogP contribution in [0.4, 0.5) is 0 Å². The first-order chi connectivity index (χ1) is 14.4. The fourth-order valence-corrected chi connectivity index (χ4v) is 4.12. The summed E-state index contributed by atoms with van der Waals surface area (Å²) in [5.41, 5.74) is 4.40. The minimum Gasteiger partial charge on any atom is -0.474 e. The Kier molecular flexibility index (Phi) is 5.29. The van der Waals surface area contributed by atoms with Gasteiger partial charge in [-0.1, -0.05) is 5.16 Å². The highest BCUT2D eigenvalue weighted by Gasteiger charge is 2.23. The zero-order chi connectivity index (χ0) is 21.4. The molecule has 4 rings (SSSR count). The van der Waals surface area contributed by atoms with Crippen molar-refractivity contribution in [2.75, 3.05) is 6.61 Å². The van der Waals surface area contributed by atoms with Crippen molar-refractivity contribution in [3.05, 3.63) is 40.9 Å². The van der Waals surface area contributed by atoms with Gasteiger partial charge in [0.25, 0.3) is 0 Å². The van der Waals surface area contributed by atoms with Crippen LogP contribution in [0.2, 0.25) is 0 Å². The predicted molar refractivity (Wildman–Crippen MR) is 113 cm³/mol. The van der Waals surface area contributed by atoms with Crippen molar-refractivity contribution in [3.8, 4) is 27.6 Å². The first-order valence-corrected chi connectivity index (χ1v) is 10.5. The maximum absolute atomic E-state index is 12.4. The van der Waals surface area contributed by atoms with E-state index in [0.717, 1.165) is 33.7 Å². The first kappa shape index (κ1) is 20.1. The lowest BCUT2D eigenvalue weighted by Crippen LogP contribution is -2.10. The molecule has 0 unspecified atom stereocenters. The van der Waals surface area contributed by atoms with Gasteiger partial charge in [-0.3, -0.25) is 0 Å². The molecule has 0 saturated heterocycles. The van der Waals surface area contributed by atoms with Gasteiger partial charge in [-0.2, -0.15) is 5.10 Å². The van der Waals surface area contributed by atoms with Gasteiger partial charge in [-0.25, -0.2) is 14.3 Å². The van der Waals surface area contributed by atoms with E-state index in [4.69, 9.17) is 14.0 Å². The van der Waals surface area contributed by atoms with Crippen molar-refractivity contribution in [1.29, 1.82) is 0 Å². The number of carbonyl (C=O) groups excluding carboxylic acids is 1. The smallest absolute Gasteiger partial charge is 0.354 e. The largest absolute Gasteiger partial charge is 0.474 e. The molecule has 0 aliphatic heterocycles. The van der Waals surface area contributed by atoms with Crippen LogP contribution in [-0.2, 0) is 4.74 Å². The molecular formula is C21H22N4O4S. The van der Waals surface area contributed by atoms with Crippen LogP contribution in [0.1, 0.15) is 41.9 Å². The third kappa shape index (κ3) is 3.56. The van der Waals surface area contributed by atoms with Gasteiger partial charge in [0, 0.05) is 17.3 Å². The fourth-order valence-electron chi connectivity index (χ4n) is 3.23. The van der Waals surface area contributed by atoms with E-state index >= 15 is 0 Å². The van der Waals surface area contributed by atoms with Gasteiger partial charge in [0.15, 0.2) is 4.88 Å². The summed E-state index contributed by atoms with van der Waals surface area (Å²) >= 11 is 1.25. The summed E-state index contributed by atoms with van der Waals surface area (Å²) in [6, 6.07) is 3.89. The number of pyridine rings is 1. The van der Waals surface area contributed by atoms with Crippen molar-refractivity contribution >= 4 is 22.8 Å². The van der Waals surface area contributed by atoms with Crippen LogP contribution < -0.4 is 4.74 Å². The Morgan fingerprint density at radius 1 is 1.33 bits per heavy atom. The molecule has 0 fully saturated rings. The summed E-state index contributed by atoms with van der Waals surface area (Å²) in [6.45, 7) is 9.62. The number of carbonyl (C=O) groups is 1. The third-order valence-corrected chi connectivity index (χ3v) is 5.54. The van der Waals surface area contributed by atoms with Crippen LogP contribution in [0.25, 0.3) is 27.2 Å². The number of aryl methyl sites for hydroxylation is 2. The topological polar surface area (TPSA) is 91.8 Å². The summed E-state index contributed by atoms with van der Waals surface area (Å²) < 4.78 is 18.0. The number of hydrogen-bond acceptors (Lipinski definition) is 8. The molecule has 0 spiro atoms. The number of fused-ring (bicyclic) bond motifs is 1. The third-order valence-electron chi connectivity index (χ3n) is 4.48. The SMILES string of the molecule is CCOC(=O)c1sc(-c2ccn3ncc(-c4c(C)noc4C)c3c2)nc1OC(C)C. The first-order valence-electron chi connectivity index (χ1n) is 9.64. The van der Waals surface area contributed by atoms with E-state index in [1.807, 2.05) is 46.0 Å². The van der Waals surface area contributed by atoms with Crippen molar-refractivity contribution in [1.82, 2.24) is 19.8 Å². The monoisotopic (exact) mass is 426 g/mol. The molecule has 4 aromatic rings. The molecule has 0 amide bonds. The highest BCUT2D eigenvalue weighted by atomic mass is 32.1. The van der Waals surface area contributed by atoms with E-state index in [1.165, 1.54) is 11.3 Å². The lowest BCUT2D eigenvalue weighted by molar-refractivity contribution is 0.0525. The second-order valence-electron chi connectivity index (χ2n) is 7.04. The Morgan fingerprint density at radius 3 is 2.80 bits per heavy atom. The standard InChI is InChI=1S/C21H22N4O4S/c1-6-27-21(26)18-19(28-11(2)3)23-20(30-18)14-7-8-25-16(9-14)15(10-22-25)17-12(4)24-29-13(17)5/h7-11H,6H2,1-5H3. The number of ether oxygens (including phenoxy) is 2. The lowest BCUT2D eigenvalue weighted by atomic mass is 10.1. The molecule has 4 aromatic heterocycles. The molecule has 30 heavy (non-hydrogen) atoms. The minimum atomic E-state index is -0.432. The van der Waals surface area contributed by atoms with Gasteiger partial charge in [0.05, 0.1) is 35.7 Å². The second kappa shape index (κ2) is 7.91. The highest BCUT2D eigenvalue weighted by Crippen LogP contribution is 2.36. The molecule has 0 bridgehead atoms. The zero-order valence-corrected chi connectivity index (χ0v) is 18.2. The van der Waals surface area contributed by atoms with Gasteiger partial charge in [-0.15, -0.1) is 11.3 Å². The molecule has 0 aliphatic carbocycles. The summed E-state index contributed by atoms with van der Waals surface area (Å²) in [5, 5.41) is 9.16. The molecule has 0 aliphatic rings. The van der Waals surface area contributed by atoms with E-state index in [1.54, 1.807) is 17.6 Å². The summed E-state index contributed by atoms with van der Waals surface area (Å²) in [6.07, 6.45) is 3.54. The van der Waals surface area contributed by atoms with Crippen LogP contribution in [0, 0.1) is 13.8 Å². The molecule has 0 aromatic carbocycles. The summed E-state index contributed by atoms with van der Waals surface area (Å²) in [4.78, 5) is 17.3. The lowest BCUT2D eigenvalue weighted by Gasteiger charge is -2.07. The van der Waals surface area contributed by atoms with E-state index in [-0.39, 0.29) is 12.7 Å². The van der Waals surface area contributed by atoms with E-state index < -0.39 is 5.97 Å². The average molecular weight is 426 g/mol. The van der Waals surface area contributed by atoms with E-state index in [2.05, 4.69) is 15.2 Å². The molecule has 0 atom stereocenters. The molecule has 0 N–H and O–H groups in total. The Morgan fingerprint density at radius 2 is 2.13 bits per heavy atom. The zero-order valence-electron chi connectivity index (χ0n) is 17.4. The van der Waals surface area contributed by atoms with E-state index in [9.17, 15) is 4.79 Å². The molecule has 0 saturated carbocycles. The molecular weight excluding hydrogens is 404 g/mol. The van der Waals surface area contributed by atoms with Crippen molar-refractivity contribution in [3.63, 3.8) is 0 Å². The van der Waals surface area contributed by atoms with Crippen molar-refractivity contribution in [2.24, 2.45) is 0 Å². The number of aromatic nitrogens is 4. The number of thiazole rings is 1. The quantitative estimate of drug-likeness (QED) is 0.413. The van der Waals surface area contributed by atoms with Gasteiger partial charge < -0.3 is 14.0 Å². The minimum absolute atomic E-state index is 0.114. The Labute approximate surface area is 177 Å². The Bertz CT molecular complexity index is 1200. The molecule has 9 heteroatoms.